The molecule has 29 heavy (non-hydrogen) atoms. The van der Waals surface area contributed by atoms with Gasteiger partial charge < -0.3 is 4.74 Å². The van der Waals surface area contributed by atoms with Gasteiger partial charge in [-0.1, -0.05) is 66.7 Å². The van der Waals surface area contributed by atoms with E-state index in [1.807, 2.05) is 97.3 Å². The summed E-state index contributed by atoms with van der Waals surface area (Å²) in [7, 11) is 0. The van der Waals surface area contributed by atoms with Crippen LogP contribution < -0.4 is 10.2 Å². The number of nitrogens with one attached hydrogen (secondary N) is 1. The molecule has 0 aliphatic heterocycles. The summed E-state index contributed by atoms with van der Waals surface area (Å²) >= 11 is 0. The molecule has 4 aromatic rings. The van der Waals surface area contributed by atoms with Crippen molar-refractivity contribution in [1.29, 1.82) is 0 Å². The summed E-state index contributed by atoms with van der Waals surface area (Å²) in [5.74, 6) is 0.796. The van der Waals surface area contributed by atoms with Gasteiger partial charge in [0.1, 0.15) is 12.4 Å². The molecule has 4 nitrogen and oxygen atoms in total. The third-order valence-corrected chi connectivity index (χ3v) is 4.41. The Bertz CT molecular complexity index is 1080. The van der Waals surface area contributed by atoms with Gasteiger partial charge in [0.05, 0.1) is 11.9 Å². The normalized spacial score (nSPS) is 10.8. The van der Waals surface area contributed by atoms with E-state index in [9.17, 15) is 0 Å². The molecule has 1 heterocycles. The van der Waals surface area contributed by atoms with Crippen molar-refractivity contribution in [2.45, 2.75) is 6.61 Å². The van der Waals surface area contributed by atoms with Gasteiger partial charge in [0.15, 0.2) is 0 Å². The van der Waals surface area contributed by atoms with Crippen LogP contribution in [0.2, 0.25) is 0 Å². The number of pyridine rings is 1. The second-order valence-corrected chi connectivity index (χ2v) is 6.50. The van der Waals surface area contributed by atoms with Gasteiger partial charge in [-0.05, 0) is 29.3 Å². The SMILES string of the molecule is C(=N\Nc1cccc(OCc2ccccc2)c1)/c1ccccc1-c1cccnc1. The summed E-state index contributed by atoms with van der Waals surface area (Å²) in [5, 5.41) is 4.41. The Morgan fingerprint density at radius 2 is 1.72 bits per heavy atom. The molecule has 0 atom stereocenters. The number of aromatic nitrogens is 1. The topological polar surface area (TPSA) is 46.5 Å². The molecule has 142 valence electrons. The molecule has 0 fully saturated rings. The van der Waals surface area contributed by atoms with Crippen molar-refractivity contribution in [1.82, 2.24) is 4.98 Å². The minimum absolute atomic E-state index is 0.534. The predicted octanol–water partition coefficient (Wildman–Crippen LogP) is 5.77. The van der Waals surface area contributed by atoms with E-state index in [4.69, 9.17) is 4.74 Å². The van der Waals surface area contributed by atoms with E-state index in [2.05, 4.69) is 21.6 Å². The lowest BCUT2D eigenvalue weighted by Gasteiger charge is -2.08. The van der Waals surface area contributed by atoms with E-state index in [0.717, 1.165) is 33.7 Å². The summed E-state index contributed by atoms with van der Waals surface area (Å²) < 4.78 is 5.88. The average molecular weight is 379 g/mol. The van der Waals surface area contributed by atoms with E-state index < -0.39 is 0 Å². The zero-order valence-electron chi connectivity index (χ0n) is 15.9. The van der Waals surface area contributed by atoms with Crippen LogP contribution in [0, 0.1) is 0 Å². The highest BCUT2D eigenvalue weighted by Gasteiger charge is 2.02. The molecule has 4 heteroatoms. The Morgan fingerprint density at radius 3 is 2.59 bits per heavy atom. The molecule has 0 bridgehead atoms. The molecule has 0 radical (unpaired) electrons. The molecule has 0 amide bonds. The van der Waals surface area contributed by atoms with Gasteiger partial charge in [-0.3, -0.25) is 10.4 Å². The van der Waals surface area contributed by atoms with Crippen LogP contribution >= 0.6 is 0 Å². The largest absolute Gasteiger partial charge is 0.489 e. The first kappa shape index (κ1) is 18.4. The molecule has 0 spiro atoms. The molecule has 0 unspecified atom stereocenters. The molecular weight excluding hydrogens is 358 g/mol. The maximum atomic E-state index is 5.88. The van der Waals surface area contributed by atoms with Crippen LogP contribution in [0.25, 0.3) is 11.1 Å². The molecule has 0 aliphatic carbocycles. The Hall–Kier alpha value is -3.92. The highest BCUT2D eigenvalue weighted by Crippen LogP contribution is 2.22. The maximum Gasteiger partial charge on any atom is 0.121 e. The highest BCUT2D eigenvalue weighted by atomic mass is 16.5. The smallest absolute Gasteiger partial charge is 0.121 e. The molecule has 1 N–H and O–H groups in total. The van der Waals surface area contributed by atoms with Crippen molar-refractivity contribution in [2.75, 3.05) is 5.43 Å². The average Bonchev–Trinajstić information content (AvgIpc) is 2.80. The van der Waals surface area contributed by atoms with Crippen LogP contribution in [0.1, 0.15) is 11.1 Å². The number of hydrazone groups is 1. The lowest BCUT2D eigenvalue weighted by Crippen LogP contribution is -1.96. The van der Waals surface area contributed by atoms with Crippen molar-refractivity contribution >= 4 is 11.9 Å². The molecule has 1 aromatic heterocycles. The number of nitrogens with zero attached hydrogens (tertiary/aromatic N) is 2. The highest BCUT2D eigenvalue weighted by molar-refractivity contribution is 5.90. The van der Waals surface area contributed by atoms with E-state index in [1.54, 1.807) is 6.20 Å². The summed E-state index contributed by atoms with van der Waals surface area (Å²) in [6.45, 7) is 0.534. The molecule has 0 saturated heterocycles. The second kappa shape index (κ2) is 9.33. The van der Waals surface area contributed by atoms with Gasteiger partial charge >= 0.3 is 0 Å². The van der Waals surface area contributed by atoms with Crippen molar-refractivity contribution in [3.05, 3.63) is 115 Å². The van der Waals surface area contributed by atoms with Crippen molar-refractivity contribution < 1.29 is 4.74 Å². The van der Waals surface area contributed by atoms with Gasteiger partial charge in [-0.25, -0.2) is 0 Å². The number of benzene rings is 3. The van der Waals surface area contributed by atoms with Crippen LogP contribution in [0.4, 0.5) is 5.69 Å². The summed E-state index contributed by atoms with van der Waals surface area (Å²) in [4.78, 5) is 4.21. The molecular formula is C25H21N3O. The zero-order chi connectivity index (χ0) is 19.7. The first-order valence-corrected chi connectivity index (χ1v) is 9.44. The number of hydrogen-bond donors (Lipinski definition) is 1. The zero-order valence-corrected chi connectivity index (χ0v) is 15.9. The number of rotatable bonds is 7. The maximum absolute atomic E-state index is 5.88. The summed E-state index contributed by atoms with van der Waals surface area (Å²) in [6, 6.07) is 30.0. The lowest BCUT2D eigenvalue weighted by atomic mass is 10.0. The Balaban J connectivity index is 1.43. The molecule has 0 aliphatic rings. The van der Waals surface area contributed by atoms with Crippen LogP contribution in [0.5, 0.6) is 5.75 Å². The Labute approximate surface area is 170 Å². The monoisotopic (exact) mass is 379 g/mol. The van der Waals surface area contributed by atoms with E-state index in [1.165, 1.54) is 0 Å². The van der Waals surface area contributed by atoms with Gasteiger partial charge in [-0.15, -0.1) is 0 Å². The van der Waals surface area contributed by atoms with Gasteiger partial charge in [0.25, 0.3) is 0 Å². The fraction of sp³-hybridized carbons (Fsp3) is 0.0400. The van der Waals surface area contributed by atoms with E-state index >= 15 is 0 Å². The van der Waals surface area contributed by atoms with Crippen molar-refractivity contribution in [3.63, 3.8) is 0 Å². The predicted molar refractivity (Wildman–Crippen MR) is 118 cm³/mol. The summed E-state index contributed by atoms with van der Waals surface area (Å²) in [6.07, 6.45) is 5.45. The Morgan fingerprint density at radius 1 is 0.862 bits per heavy atom. The van der Waals surface area contributed by atoms with Crippen molar-refractivity contribution in [2.24, 2.45) is 5.10 Å². The Kier molecular flexibility index (Phi) is 5.93. The van der Waals surface area contributed by atoms with Gasteiger partial charge in [-0.2, -0.15) is 5.10 Å². The molecule has 0 saturated carbocycles. The summed E-state index contributed by atoms with van der Waals surface area (Å²) in [5.41, 5.74) is 8.25. The first-order chi connectivity index (χ1) is 14.4. The first-order valence-electron chi connectivity index (χ1n) is 9.44. The van der Waals surface area contributed by atoms with Gasteiger partial charge in [0.2, 0.25) is 0 Å². The molecule has 4 rings (SSSR count). The third-order valence-electron chi connectivity index (χ3n) is 4.41. The van der Waals surface area contributed by atoms with Crippen LogP contribution in [0.15, 0.2) is 108 Å². The van der Waals surface area contributed by atoms with Crippen LogP contribution in [-0.4, -0.2) is 11.2 Å². The quantitative estimate of drug-likeness (QED) is 0.327. The second-order valence-electron chi connectivity index (χ2n) is 6.50. The van der Waals surface area contributed by atoms with E-state index in [-0.39, 0.29) is 0 Å². The number of ether oxygens (including phenoxy) is 1. The van der Waals surface area contributed by atoms with Gasteiger partial charge in [0, 0.05) is 29.6 Å². The fourth-order valence-corrected chi connectivity index (χ4v) is 2.97. The fourth-order valence-electron chi connectivity index (χ4n) is 2.97. The minimum atomic E-state index is 0.534. The van der Waals surface area contributed by atoms with E-state index in [0.29, 0.717) is 6.61 Å². The van der Waals surface area contributed by atoms with Crippen LogP contribution in [-0.2, 0) is 6.61 Å². The van der Waals surface area contributed by atoms with Crippen LogP contribution in [0.3, 0.4) is 0 Å². The lowest BCUT2D eigenvalue weighted by molar-refractivity contribution is 0.306. The standard InChI is InChI=1S/C25H21N3O/c1-2-8-20(9-3-1)19-29-24-13-6-12-23(16-24)28-27-18-22-10-4-5-14-25(22)21-11-7-15-26-17-21/h1-18,28H,19H2/b27-18+. The number of anilines is 1. The third kappa shape index (κ3) is 5.08. The number of hydrogen-bond acceptors (Lipinski definition) is 4. The van der Waals surface area contributed by atoms with Crippen molar-refractivity contribution in [3.8, 4) is 16.9 Å². The minimum Gasteiger partial charge on any atom is -0.489 e. The molecule has 3 aromatic carbocycles.